The van der Waals surface area contributed by atoms with Gasteiger partial charge < -0.3 is 20.7 Å². The Morgan fingerprint density at radius 3 is 2.59 bits per heavy atom. The maximum atomic E-state index is 11.5. The van der Waals surface area contributed by atoms with Gasteiger partial charge in [-0.2, -0.15) is 0 Å². The zero-order chi connectivity index (χ0) is 19.8. The number of benzene rings is 1. The second-order valence-electron chi connectivity index (χ2n) is 7.57. The summed E-state index contributed by atoms with van der Waals surface area (Å²) in [5.74, 6) is 1.37. The molecule has 2 unspecified atom stereocenters. The SMILES string of the molecule is CN=C(NCC1CCOC1c1ccccc1)NC1CCN(CC(=O)NC)CC1.I. The molecule has 0 bridgehead atoms. The minimum atomic E-state index is 0. The first-order chi connectivity index (χ1) is 13.7. The molecular weight excluding hydrogens is 481 g/mol. The highest BCUT2D eigenvalue weighted by molar-refractivity contribution is 14.0. The van der Waals surface area contributed by atoms with E-state index in [9.17, 15) is 4.79 Å². The fourth-order valence-electron chi connectivity index (χ4n) is 3.99. The molecule has 0 spiro atoms. The Labute approximate surface area is 191 Å². The van der Waals surface area contributed by atoms with E-state index >= 15 is 0 Å². The lowest BCUT2D eigenvalue weighted by atomic mass is 9.95. The highest BCUT2D eigenvalue weighted by Gasteiger charge is 2.30. The van der Waals surface area contributed by atoms with E-state index in [-0.39, 0.29) is 36.0 Å². The number of nitrogens with zero attached hydrogens (tertiary/aromatic N) is 2. The van der Waals surface area contributed by atoms with Gasteiger partial charge in [0.1, 0.15) is 0 Å². The van der Waals surface area contributed by atoms with Crippen LogP contribution in [0.15, 0.2) is 35.3 Å². The summed E-state index contributed by atoms with van der Waals surface area (Å²) in [5, 5.41) is 9.72. The fourth-order valence-corrected chi connectivity index (χ4v) is 3.99. The van der Waals surface area contributed by atoms with Crippen LogP contribution < -0.4 is 16.0 Å². The Morgan fingerprint density at radius 2 is 1.93 bits per heavy atom. The summed E-state index contributed by atoms with van der Waals surface area (Å²) in [5.41, 5.74) is 1.25. The van der Waals surface area contributed by atoms with Crippen molar-refractivity contribution in [1.82, 2.24) is 20.9 Å². The number of piperidine rings is 1. The van der Waals surface area contributed by atoms with Crippen LogP contribution in [0.1, 0.15) is 30.9 Å². The van der Waals surface area contributed by atoms with E-state index in [4.69, 9.17) is 4.74 Å². The van der Waals surface area contributed by atoms with Crippen LogP contribution in [0.4, 0.5) is 0 Å². The second kappa shape index (κ2) is 12.3. The van der Waals surface area contributed by atoms with Crippen LogP contribution in [-0.2, 0) is 9.53 Å². The van der Waals surface area contributed by atoms with Crippen molar-refractivity contribution in [3.8, 4) is 0 Å². The minimum absolute atomic E-state index is 0. The number of ether oxygens (including phenoxy) is 1. The molecule has 2 atom stereocenters. The number of nitrogens with one attached hydrogen (secondary N) is 3. The van der Waals surface area contributed by atoms with Crippen LogP contribution in [-0.4, -0.2) is 69.7 Å². The number of carbonyl (C=O) groups is 1. The van der Waals surface area contributed by atoms with Crippen LogP contribution in [0.2, 0.25) is 0 Å². The van der Waals surface area contributed by atoms with Crippen LogP contribution in [0.25, 0.3) is 0 Å². The Kier molecular flexibility index (Phi) is 10.2. The third-order valence-corrected chi connectivity index (χ3v) is 5.67. The maximum absolute atomic E-state index is 11.5. The summed E-state index contributed by atoms with van der Waals surface area (Å²) < 4.78 is 5.98. The Bertz CT molecular complexity index is 650. The molecule has 162 valence electrons. The maximum Gasteiger partial charge on any atom is 0.233 e. The normalized spacial score (nSPS) is 23.3. The number of aliphatic imine (C=N–C) groups is 1. The molecule has 0 radical (unpaired) electrons. The number of halogens is 1. The van der Waals surface area contributed by atoms with E-state index in [0.29, 0.717) is 18.5 Å². The molecule has 0 aromatic heterocycles. The third kappa shape index (κ3) is 7.11. The van der Waals surface area contributed by atoms with E-state index in [1.54, 1.807) is 7.05 Å². The molecule has 1 aromatic carbocycles. The Balaban J connectivity index is 0.00000300. The number of carbonyl (C=O) groups excluding carboxylic acids is 1. The van der Waals surface area contributed by atoms with Crippen molar-refractivity contribution in [3.63, 3.8) is 0 Å². The number of likely N-dealkylation sites (tertiary alicyclic amines) is 1. The number of hydrogen-bond acceptors (Lipinski definition) is 4. The summed E-state index contributed by atoms with van der Waals surface area (Å²) in [6, 6.07) is 10.8. The zero-order valence-electron chi connectivity index (χ0n) is 17.4. The summed E-state index contributed by atoms with van der Waals surface area (Å²) in [7, 11) is 3.50. The molecule has 2 fully saturated rings. The monoisotopic (exact) mass is 515 g/mol. The van der Waals surface area contributed by atoms with Gasteiger partial charge in [0, 0.05) is 52.3 Å². The largest absolute Gasteiger partial charge is 0.373 e. The average Bonchev–Trinajstić information content (AvgIpc) is 3.21. The molecular formula is C21H34IN5O2. The molecule has 2 heterocycles. The van der Waals surface area contributed by atoms with Crippen molar-refractivity contribution < 1.29 is 9.53 Å². The summed E-state index contributed by atoms with van der Waals surface area (Å²) in [4.78, 5) is 18.1. The van der Waals surface area contributed by atoms with Gasteiger partial charge in [0.15, 0.2) is 5.96 Å². The van der Waals surface area contributed by atoms with E-state index < -0.39 is 0 Å². The molecule has 2 aliphatic rings. The van der Waals surface area contributed by atoms with E-state index in [0.717, 1.165) is 51.5 Å². The predicted octanol–water partition coefficient (Wildman–Crippen LogP) is 1.76. The van der Waals surface area contributed by atoms with Gasteiger partial charge in [-0.05, 0) is 24.8 Å². The first-order valence-corrected chi connectivity index (χ1v) is 10.3. The van der Waals surface area contributed by atoms with Crippen LogP contribution in [0.3, 0.4) is 0 Å². The molecule has 0 aliphatic carbocycles. The molecule has 29 heavy (non-hydrogen) atoms. The molecule has 7 nitrogen and oxygen atoms in total. The first-order valence-electron chi connectivity index (χ1n) is 10.3. The van der Waals surface area contributed by atoms with Crippen molar-refractivity contribution in [1.29, 1.82) is 0 Å². The number of guanidine groups is 1. The first kappa shape index (κ1) is 23.9. The Hall–Kier alpha value is -1.39. The van der Waals surface area contributed by atoms with E-state index in [2.05, 4.69) is 50.1 Å². The van der Waals surface area contributed by atoms with Gasteiger partial charge in [-0.1, -0.05) is 30.3 Å². The lowest BCUT2D eigenvalue weighted by Crippen LogP contribution is -2.50. The van der Waals surface area contributed by atoms with Crippen molar-refractivity contribution in [2.45, 2.75) is 31.4 Å². The smallest absolute Gasteiger partial charge is 0.233 e. The molecule has 3 rings (SSSR count). The highest BCUT2D eigenvalue weighted by atomic mass is 127. The topological polar surface area (TPSA) is 78.0 Å². The van der Waals surface area contributed by atoms with E-state index in [1.165, 1.54) is 5.56 Å². The summed E-state index contributed by atoms with van der Waals surface area (Å²) in [6.07, 6.45) is 3.23. The van der Waals surface area contributed by atoms with Crippen LogP contribution in [0, 0.1) is 5.92 Å². The van der Waals surface area contributed by atoms with Gasteiger partial charge in [0.05, 0.1) is 12.6 Å². The number of amides is 1. The highest BCUT2D eigenvalue weighted by Crippen LogP contribution is 2.33. The van der Waals surface area contributed by atoms with Crippen LogP contribution >= 0.6 is 24.0 Å². The summed E-state index contributed by atoms with van der Waals surface area (Å²) >= 11 is 0. The van der Waals surface area contributed by atoms with Gasteiger partial charge in [0.25, 0.3) is 0 Å². The number of likely N-dealkylation sites (N-methyl/N-ethyl adjacent to an activating group) is 1. The van der Waals surface area contributed by atoms with Crippen molar-refractivity contribution >= 4 is 35.8 Å². The van der Waals surface area contributed by atoms with Gasteiger partial charge in [-0.15, -0.1) is 24.0 Å². The van der Waals surface area contributed by atoms with Gasteiger partial charge >= 0.3 is 0 Å². The molecule has 0 saturated carbocycles. The standard InChI is InChI=1S/C21H33N5O2.HI/c1-22-19(27)15-26-11-8-18(9-12-26)25-21(23-2)24-14-17-10-13-28-20(17)16-6-4-3-5-7-16;/h3-7,17-18,20H,8-15H2,1-2H3,(H,22,27)(H2,23,24,25);1H. The minimum Gasteiger partial charge on any atom is -0.373 e. The second-order valence-corrected chi connectivity index (χ2v) is 7.57. The van der Waals surface area contributed by atoms with Crippen molar-refractivity contribution in [2.24, 2.45) is 10.9 Å². The zero-order valence-corrected chi connectivity index (χ0v) is 19.7. The fraction of sp³-hybridized carbons (Fsp3) is 0.619. The lowest BCUT2D eigenvalue weighted by molar-refractivity contribution is -0.122. The van der Waals surface area contributed by atoms with Gasteiger partial charge in [-0.3, -0.25) is 14.7 Å². The van der Waals surface area contributed by atoms with E-state index in [1.807, 2.05) is 13.1 Å². The molecule has 8 heteroatoms. The van der Waals surface area contributed by atoms with Crippen LogP contribution in [0.5, 0.6) is 0 Å². The summed E-state index contributed by atoms with van der Waals surface area (Å²) in [6.45, 7) is 3.98. The third-order valence-electron chi connectivity index (χ3n) is 5.67. The molecule has 3 N–H and O–H groups in total. The molecule has 1 amide bonds. The molecule has 2 saturated heterocycles. The lowest BCUT2D eigenvalue weighted by Gasteiger charge is -2.32. The number of hydrogen-bond donors (Lipinski definition) is 3. The quantitative estimate of drug-likeness (QED) is 0.306. The Morgan fingerprint density at radius 1 is 1.21 bits per heavy atom. The average molecular weight is 515 g/mol. The van der Waals surface area contributed by atoms with Gasteiger partial charge in [0.2, 0.25) is 5.91 Å². The number of rotatable bonds is 6. The van der Waals surface area contributed by atoms with Gasteiger partial charge in [-0.25, -0.2) is 0 Å². The van der Waals surface area contributed by atoms with Crippen molar-refractivity contribution in [2.75, 3.05) is 46.9 Å². The molecule has 2 aliphatic heterocycles. The van der Waals surface area contributed by atoms with Crippen molar-refractivity contribution in [3.05, 3.63) is 35.9 Å². The predicted molar refractivity (Wildman–Crippen MR) is 127 cm³/mol. The molecule has 1 aromatic rings.